The number of nitrogens with zero attached hydrogens (tertiary/aromatic N) is 2. The van der Waals surface area contributed by atoms with Crippen LogP contribution in [0.5, 0.6) is 0 Å². The minimum atomic E-state index is -0.162. The van der Waals surface area contributed by atoms with Crippen LogP contribution in [0.15, 0.2) is 41.3 Å². The molecule has 2 aromatic carbocycles. The molecule has 5 rings (SSSR count). The summed E-state index contributed by atoms with van der Waals surface area (Å²) in [5.41, 5.74) is 6.18. The van der Waals surface area contributed by atoms with E-state index >= 15 is 0 Å². The number of amides is 2. The van der Waals surface area contributed by atoms with E-state index in [1.807, 2.05) is 61.2 Å². The molecular formula is C28H28Cl2N4O2S. The Labute approximate surface area is 231 Å². The zero-order valence-electron chi connectivity index (χ0n) is 21.0. The molecule has 0 bridgehead atoms. The van der Waals surface area contributed by atoms with Crippen LogP contribution in [0.2, 0.25) is 10.0 Å². The van der Waals surface area contributed by atoms with E-state index in [4.69, 9.17) is 23.2 Å². The summed E-state index contributed by atoms with van der Waals surface area (Å²) in [6, 6.07) is 11.4. The van der Waals surface area contributed by atoms with Crippen LogP contribution >= 0.6 is 35.0 Å². The molecule has 37 heavy (non-hydrogen) atoms. The summed E-state index contributed by atoms with van der Waals surface area (Å²) in [6.45, 7) is 7.01. The third kappa shape index (κ3) is 5.18. The van der Waals surface area contributed by atoms with Crippen molar-refractivity contribution in [3.05, 3.63) is 80.1 Å². The lowest BCUT2D eigenvalue weighted by Gasteiger charge is -2.32. The molecule has 2 aliphatic rings. The quantitative estimate of drug-likeness (QED) is 0.295. The van der Waals surface area contributed by atoms with Crippen molar-refractivity contribution >= 4 is 64.1 Å². The van der Waals surface area contributed by atoms with E-state index in [-0.39, 0.29) is 11.8 Å². The maximum Gasteiger partial charge on any atom is 0.256 e. The topological polar surface area (TPSA) is 68.4 Å². The first kappa shape index (κ1) is 25.9. The number of nitrogens with one attached hydrogen (secondary N) is 2. The van der Waals surface area contributed by atoms with E-state index in [9.17, 15) is 9.59 Å². The first-order valence-electron chi connectivity index (χ1n) is 12.1. The van der Waals surface area contributed by atoms with Gasteiger partial charge in [-0.25, -0.2) is 0 Å². The van der Waals surface area contributed by atoms with E-state index in [0.29, 0.717) is 40.0 Å². The Kier molecular flexibility index (Phi) is 7.41. The Morgan fingerprint density at radius 2 is 1.78 bits per heavy atom. The highest BCUT2D eigenvalue weighted by Gasteiger charge is 2.28. The van der Waals surface area contributed by atoms with Crippen LogP contribution in [0, 0.1) is 13.8 Å². The minimum Gasteiger partial charge on any atom is -0.358 e. The molecule has 6 nitrogen and oxygen atoms in total. The smallest absolute Gasteiger partial charge is 0.256 e. The van der Waals surface area contributed by atoms with Crippen molar-refractivity contribution in [3.63, 3.8) is 0 Å². The number of hydrogen-bond donors (Lipinski definition) is 2. The molecule has 0 unspecified atom stereocenters. The molecule has 1 saturated heterocycles. The number of thioether (sulfide) groups is 1. The minimum absolute atomic E-state index is 0.0391. The number of aromatic nitrogens is 1. The van der Waals surface area contributed by atoms with E-state index in [1.54, 1.807) is 11.8 Å². The van der Waals surface area contributed by atoms with Gasteiger partial charge in [-0.2, -0.15) is 0 Å². The highest BCUT2D eigenvalue weighted by Crippen LogP contribution is 2.38. The molecule has 1 fully saturated rings. The second kappa shape index (κ2) is 10.6. The van der Waals surface area contributed by atoms with Crippen LogP contribution < -0.4 is 5.32 Å². The largest absolute Gasteiger partial charge is 0.358 e. The van der Waals surface area contributed by atoms with Gasteiger partial charge in [-0.1, -0.05) is 29.3 Å². The zero-order chi connectivity index (χ0) is 26.3. The SMILES string of the molecule is Cc1[nH]c(/C=C2\C(=O)Nc3ccc(SCc4c(Cl)cccc4Cl)cc32)c(C)c1C(=O)N1CCN(C)CC1. The van der Waals surface area contributed by atoms with Gasteiger partial charge >= 0.3 is 0 Å². The van der Waals surface area contributed by atoms with Crippen molar-refractivity contribution in [1.82, 2.24) is 14.8 Å². The monoisotopic (exact) mass is 554 g/mol. The second-order valence-electron chi connectivity index (χ2n) is 9.47. The third-order valence-corrected chi connectivity index (χ3v) is 8.72. The average molecular weight is 556 g/mol. The van der Waals surface area contributed by atoms with Gasteiger partial charge in [0.05, 0.1) is 11.1 Å². The first-order chi connectivity index (χ1) is 17.7. The number of carbonyl (C=O) groups is 2. The van der Waals surface area contributed by atoms with Crippen LogP contribution in [0.25, 0.3) is 11.6 Å². The summed E-state index contributed by atoms with van der Waals surface area (Å²) in [4.78, 5) is 34.7. The Morgan fingerprint density at radius 1 is 1.08 bits per heavy atom. The number of likely N-dealkylation sites (N-methyl/N-ethyl adjacent to an activating group) is 1. The van der Waals surface area contributed by atoms with Gasteiger partial charge in [-0.05, 0) is 68.4 Å². The fourth-order valence-corrected chi connectivity index (χ4v) is 6.45. The third-order valence-electron chi connectivity index (χ3n) is 6.99. The number of rotatable bonds is 5. The second-order valence-corrected chi connectivity index (χ2v) is 11.3. The lowest BCUT2D eigenvalue weighted by Crippen LogP contribution is -2.47. The molecular weight excluding hydrogens is 527 g/mol. The van der Waals surface area contributed by atoms with Crippen LogP contribution in [0.3, 0.4) is 0 Å². The highest BCUT2D eigenvalue weighted by molar-refractivity contribution is 7.98. The van der Waals surface area contributed by atoms with Crippen molar-refractivity contribution in [2.24, 2.45) is 0 Å². The maximum atomic E-state index is 13.3. The lowest BCUT2D eigenvalue weighted by molar-refractivity contribution is -0.110. The van der Waals surface area contributed by atoms with Gasteiger partial charge in [-0.15, -0.1) is 11.8 Å². The van der Waals surface area contributed by atoms with Crippen molar-refractivity contribution in [2.45, 2.75) is 24.5 Å². The van der Waals surface area contributed by atoms with Crippen LogP contribution in [-0.2, 0) is 10.5 Å². The van der Waals surface area contributed by atoms with E-state index in [0.717, 1.165) is 51.8 Å². The number of fused-ring (bicyclic) bond motifs is 1. The number of aromatic amines is 1. The molecule has 0 atom stereocenters. The van der Waals surface area contributed by atoms with Gasteiger partial charge in [-0.3, -0.25) is 9.59 Å². The molecule has 0 radical (unpaired) electrons. The van der Waals surface area contributed by atoms with E-state index in [2.05, 4.69) is 22.2 Å². The molecule has 192 valence electrons. The molecule has 0 spiro atoms. The fourth-order valence-electron chi connectivity index (χ4n) is 4.78. The van der Waals surface area contributed by atoms with Gasteiger partial charge < -0.3 is 20.1 Å². The van der Waals surface area contributed by atoms with Crippen molar-refractivity contribution in [1.29, 1.82) is 0 Å². The molecule has 3 heterocycles. The molecule has 2 N–H and O–H groups in total. The molecule has 0 saturated carbocycles. The Bertz CT molecular complexity index is 1400. The Balaban J connectivity index is 1.41. The lowest BCUT2D eigenvalue weighted by atomic mass is 10.0. The predicted octanol–water partition coefficient (Wildman–Crippen LogP) is 6.11. The van der Waals surface area contributed by atoms with Crippen molar-refractivity contribution < 1.29 is 9.59 Å². The number of halogens is 2. The average Bonchev–Trinajstić information content (AvgIpc) is 3.33. The summed E-state index contributed by atoms with van der Waals surface area (Å²) < 4.78 is 0. The number of carbonyl (C=O) groups excluding carboxylic acids is 2. The van der Waals surface area contributed by atoms with E-state index in [1.165, 1.54) is 0 Å². The Morgan fingerprint density at radius 3 is 2.49 bits per heavy atom. The summed E-state index contributed by atoms with van der Waals surface area (Å²) in [6.07, 6.45) is 1.85. The molecule has 3 aromatic rings. The van der Waals surface area contributed by atoms with Gasteiger partial charge in [0, 0.05) is 69.5 Å². The molecule has 2 amide bonds. The summed E-state index contributed by atoms with van der Waals surface area (Å²) >= 11 is 14.3. The number of anilines is 1. The zero-order valence-corrected chi connectivity index (χ0v) is 23.3. The number of benzene rings is 2. The molecule has 0 aliphatic carbocycles. The standard InChI is InChI=1S/C28H28Cl2N4O2S/c1-16-25(31-17(2)26(16)28(36)34-11-9-33(3)10-12-34)14-20-19-13-18(7-8-24(19)32-27(20)35)37-15-21-22(29)5-4-6-23(21)30/h4-8,13-14,31H,9-12,15H2,1-3H3,(H,32,35)/b20-14-. The fraction of sp³-hybridized carbons (Fsp3) is 0.286. The van der Waals surface area contributed by atoms with Crippen molar-refractivity contribution in [2.75, 3.05) is 38.5 Å². The maximum absolute atomic E-state index is 13.3. The predicted molar refractivity (Wildman–Crippen MR) is 153 cm³/mol. The summed E-state index contributed by atoms with van der Waals surface area (Å²) in [5.74, 6) is 0.492. The van der Waals surface area contributed by atoms with Crippen molar-refractivity contribution in [3.8, 4) is 0 Å². The van der Waals surface area contributed by atoms with Gasteiger partial charge in [0.2, 0.25) is 0 Å². The number of piperazine rings is 1. The normalized spacial score (nSPS) is 16.8. The van der Waals surface area contributed by atoms with Gasteiger partial charge in [0.25, 0.3) is 11.8 Å². The summed E-state index contributed by atoms with van der Waals surface area (Å²) in [5, 5.41) is 4.23. The van der Waals surface area contributed by atoms with Gasteiger partial charge in [0.1, 0.15) is 0 Å². The van der Waals surface area contributed by atoms with E-state index < -0.39 is 0 Å². The highest BCUT2D eigenvalue weighted by atomic mass is 35.5. The van der Waals surface area contributed by atoms with Crippen LogP contribution in [0.4, 0.5) is 5.69 Å². The van der Waals surface area contributed by atoms with Gasteiger partial charge in [0.15, 0.2) is 0 Å². The van der Waals surface area contributed by atoms with Crippen LogP contribution in [0.1, 0.15) is 38.4 Å². The molecule has 9 heteroatoms. The Hall–Kier alpha value is -2.71. The first-order valence-corrected chi connectivity index (χ1v) is 13.9. The number of hydrogen-bond acceptors (Lipinski definition) is 4. The molecule has 2 aliphatic heterocycles. The summed E-state index contributed by atoms with van der Waals surface area (Å²) in [7, 11) is 2.07. The van der Waals surface area contributed by atoms with Crippen LogP contribution in [-0.4, -0.2) is 59.8 Å². The number of aryl methyl sites for hydroxylation is 1. The number of H-pyrrole nitrogens is 1. The molecule has 1 aromatic heterocycles.